The Balaban J connectivity index is 1.78. The van der Waals surface area contributed by atoms with E-state index in [9.17, 15) is 9.59 Å². The summed E-state index contributed by atoms with van der Waals surface area (Å²) in [6.07, 6.45) is 4.00. The summed E-state index contributed by atoms with van der Waals surface area (Å²) in [6.45, 7) is 2.22. The van der Waals surface area contributed by atoms with E-state index in [1.54, 1.807) is 0 Å². The number of hydrogen-bond acceptors (Lipinski definition) is 7. The minimum Gasteiger partial charge on any atom is -0.467 e. The molecule has 0 spiro atoms. The fourth-order valence-electron chi connectivity index (χ4n) is 3.22. The number of nitrogens with one attached hydrogen (secondary N) is 1. The molecule has 8 nitrogen and oxygen atoms in total. The molecule has 142 valence electrons. The van der Waals surface area contributed by atoms with Crippen molar-refractivity contribution >= 4 is 29.5 Å². The highest BCUT2D eigenvalue weighted by Gasteiger charge is 2.41. The second-order valence-corrected chi connectivity index (χ2v) is 7.65. The Bertz CT molecular complexity index is 489. The molecule has 0 aromatic carbocycles. The van der Waals surface area contributed by atoms with Crippen LogP contribution in [0.1, 0.15) is 32.1 Å². The summed E-state index contributed by atoms with van der Waals surface area (Å²) in [7, 11) is 1.34. The second-order valence-electron chi connectivity index (χ2n) is 6.43. The van der Waals surface area contributed by atoms with E-state index < -0.39 is 17.4 Å². The van der Waals surface area contributed by atoms with Gasteiger partial charge >= 0.3 is 5.97 Å². The molecular weight excluding hydrogens is 344 g/mol. The Kier molecular flexibility index (Phi) is 7.83. The van der Waals surface area contributed by atoms with Crippen molar-refractivity contribution in [3.63, 3.8) is 0 Å². The molecule has 2 aliphatic rings. The first kappa shape index (κ1) is 19.8. The molecule has 1 saturated heterocycles. The quantitative estimate of drug-likeness (QED) is 0.287. The van der Waals surface area contributed by atoms with E-state index in [0.717, 1.165) is 43.9 Å². The molecule has 2 fully saturated rings. The summed E-state index contributed by atoms with van der Waals surface area (Å²) >= 11 is 1.92. The molecule has 1 aliphatic heterocycles. The zero-order valence-electron chi connectivity index (χ0n) is 14.8. The van der Waals surface area contributed by atoms with E-state index in [1.165, 1.54) is 7.11 Å². The third-order valence-electron chi connectivity index (χ3n) is 4.53. The van der Waals surface area contributed by atoms with Gasteiger partial charge in [-0.15, -0.1) is 0 Å². The van der Waals surface area contributed by atoms with Crippen molar-refractivity contribution in [2.45, 2.75) is 37.6 Å². The smallest absolute Gasteiger partial charge is 0.331 e. The van der Waals surface area contributed by atoms with Crippen molar-refractivity contribution in [1.82, 2.24) is 10.2 Å². The molecule has 3 N–H and O–H groups in total. The van der Waals surface area contributed by atoms with Crippen molar-refractivity contribution < 1.29 is 19.2 Å². The first-order valence-electron chi connectivity index (χ1n) is 8.69. The van der Waals surface area contributed by atoms with Crippen LogP contribution in [0.5, 0.6) is 0 Å². The van der Waals surface area contributed by atoms with Crippen LogP contribution in [0.15, 0.2) is 5.16 Å². The number of thioether (sulfide) groups is 1. The summed E-state index contributed by atoms with van der Waals surface area (Å²) < 4.78 is 4.87. The molecule has 9 heteroatoms. The molecule has 0 aromatic heterocycles. The molecule has 1 amide bonds. The molecule has 25 heavy (non-hydrogen) atoms. The summed E-state index contributed by atoms with van der Waals surface area (Å²) in [5, 5.41) is 6.58. The van der Waals surface area contributed by atoms with E-state index in [0.29, 0.717) is 25.2 Å². The molecule has 1 heterocycles. The van der Waals surface area contributed by atoms with Gasteiger partial charge in [-0.2, -0.15) is 11.8 Å². The summed E-state index contributed by atoms with van der Waals surface area (Å²) in [4.78, 5) is 31.5. The Labute approximate surface area is 152 Å². The second kappa shape index (κ2) is 9.86. The average molecular weight is 372 g/mol. The van der Waals surface area contributed by atoms with Crippen LogP contribution >= 0.6 is 11.8 Å². The number of carbonyl (C=O) groups is 2. The van der Waals surface area contributed by atoms with E-state index in [1.807, 2.05) is 11.8 Å². The normalized spacial score (nSPS) is 21.4. The number of rotatable bonds is 7. The Hall–Kier alpha value is -1.48. The highest BCUT2D eigenvalue weighted by Crippen LogP contribution is 2.29. The topological polar surface area (TPSA) is 106 Å². The van der Waals surface area contributed by atoms with Gasteiger partial charge in [0.25, 0.3) is 5.91 Å². The molecule has 0 aromatic rings. The molecule has 0 bridgehead atoms. The van der Waals surface area contributed by atoms with Crippen LogP contribution in [0.25, 0.3) is 0 Å². The van der Waals surface area contributed by atoms with Gasteiger partial charge in [-0.3, -0.25) is 9.69 Å². The number of carbonyl (C=O) groups excluding carboxylic acids is 2. The van der Waals surface area contributed by atoms with Gasteiger partial charge < -0.3 is 20.6 Å². The molecule has 0 atom stereocenters. The van der Waals surface area contributed by atoms with E-state index in [-0.39, 0.29) is 6.61 Å². The monoisotopic (exact) mass is 372 g/mol. The maximum atomic E-state index is 12.1. The first-order valence-corrected chi connectivity index (χ1v) is 9.85. The van der Waals surface area contributed by atoms with Crippen molar-refractivity contribution in [3.05, 3.63) is 0 Å². The summed E-state index contributed by atoms with van der Waals surface area (Å²) in [6, 6.07) is 0. The predicted octanol–water partition coefficient (Wildman–Crippen LogP) is 0.316. The number of methoxy groups -OCH3 is 1. The van der Waals surface area contributed by atoms with Crippen molar-refractivity contribution in [3.8, 4) is 0 Å². The number of esters is 1. The van der Waals surface area contributed by atoms with E-state index >= 15 is 0 Å². The van der Waals surface area contributed by atoms with Gasteiger partial charge in [-0.05, 0) is 12.8 Å². The fraction of sp³-hybridized carbons (Fsp3) is 0.812. The highest BCUT2D eigenvalue weighted by atomic mass is 32.2. The van der Waals surface area contributed by atoms with E-state index in [2.05, 4.69) is 15.4 Å². The van der Waals surface area contributed by atoms with Gasteiger partial charge in [-0.1, -0.05) is 24.4 Å². The number of nitrogens with two attached hydrogens (primary N) is 1. The first-order chi connectivity index (χ1) is 12.1. The molecule has 1 saturated carbocycles. The number of nitrogens with zero attached hydrogens (tertiary/aromatic N) is 2. The molecule has 0 radical (unpaired) electrons. The highest BCUT2D eigenvalue weighted by molar-refractivity contribution is 7.99. The maximum Gasteiger partial charge on any atom is 0.331 e. The average Bonchev–Trinajstić information content (AvgIpc) is 2.62. The minimum atomic E-state index is -0.936. The minimum absolute atomic E-state index is 0.269. The van der Waals surface area contributed by atoms with Gasteiger partial charge in [0.1, 0.15) is 5.54 Å². The van der Waals surface area contributed by atoms with Crippen LogP contribution in [0.2, 0.25) is 0 Å². The lowest BCUT2D eigenvalue weighted by Gasteiger charge is -2.35. The largest absolute Gasteiger partial charge is 0.467 e. The van der Waals surface area contributed by atoms with Crippen LogP contribution in [-0.4, -0.2) is 73.0 Å². The summed E-state index contributed by atoms with van der Waals surface area (Å²) in [5.74, 6) is 1.74. The van der Waals surface area contributed by atoms with Crippen LogP contribution < -0.4 is 11.1 Å². The van der Waals surface area contributed by atoms with Crippen molar-refractivity contribution in [2.75, 3.05) is 44.9 Å². The molecular formula is C16H28N4O4S. The molecule has 0 unspecified atom stereocenters. The Morgan fingerprint density at radius 3 is 2.56 bits per heavy atom. The lowest BCUT2D eigenvalue weighted by Crippen LogP contribution is -2.56. The number of hydrogen-bond donors (Lipinski definition) is 2. The van der Waals surface area contributed by atoms with Crippen molar-refractivity contribution in [2.24, 2.45) is 10.9 Å². The maximum absolute atomic E-state index is 12.1. The Morgan fingerprint density at radius 2 is 1.92 bits per heavy atom. The molecule has 2 rings (SSSR count). The zero-order chi connectivity index (χ0) is 18.1. The fourth-order valence-corrected chi connectivity index (χ4v) is 4.20. The third kappa shape index (κ3) is 6.07. The third-order valence-corrected chi connectivity index (χ3v) is 5.47. The number of amidine groups is 1. The summed E-state index contributed by atoms with van der Waals surface area (Å²) in [5.41, 5.74) is 4.91. The van der Waals surface area contributed by atoms with Gasteiger partial charge in [0.15, 0.2) is 12.4 Å². The Morgan fingerprint density at radius 1 is 1.24 bits per heavy atom. The van der Waals surface area contributed by atoms with E-state index in [4.69, 9.17) is 15.3 Å². The van der Waals surface area contributed by atoms with Crippen LogP contribution in [0, 0.1) is 0 Å². The lowest BCUT2D eigenvalue weighted by molar-refractivity contribution is -0.153. The SMILES string of the molecule is COC(=O)C1(NC(=O)CON=C(N)CN2CCSCC2)CCCCC1. The van der Waals surface area contributed by atoms with Crippen LogP contribution in [0.3, 0.4) is 0 Å². The lowest BCUT2D eigenvalue weighted by atomic mass is 9.81. The van der Waals surface area contributed by atoms with Crippen molar-refractivity contribution in [1.29, 1.82) is 0 Å². The standard InChI is InChI=1S/C16H28N4O4S/c1-23-15(22)16(5-3-2-4-6-16)18-14(21)12-24-19-13(17)11-20-7-9-25-10-8-20/h2-12H2,1H3,(H2,17,19)(H,18,21). The zero-order valence-corrected chi connectivity index (χ0v) is 15.6. The predicted molar refractivity (Wildman–Crippen MR) is 97.3 cm³/mol. The van der Waals surface area contributed by atoms with Gasteiger partial charge in [0.2, 0.25) is 0 Å². The molecule has 1 aliphatic carbocycles. The number of amides is 1. The van der Waals surface area contributed by atoms with Gasteiger partial charge in [0.05, 0.1) is 13.7 Å². The number of oxime groups is 1. The van der Waals surface area contributed by atoms with Crippen LogP contribution in [-0.2, 0) is 19.2 Å². The number of ether oxygens (including phenoxy) is 1. The van der Waals surface area contributed by atoms with Gasteiger partial charge in [0, 0.05) is 24.6 Å². The van der Waals surface area contributed by atoms with Crippen LogP contribution in [0.4, 0.5) is 0 Å². The van der Waals surface area contributed by atoms with Gasteiger partial charge in [-0.25, -0.2) is 4.79 Å².